The molecule has 3 saturated heterocycles. The Morgan fingerprint density at radius 2 is 1.10 bits per heavy atom. The second-order valence-electron chi connectivity index (χ2n) is 28.3. The molecule has 12 rings (SSSR count). The number of carboxylic acid groups (broad SMARTS) is 2. The maximum absolute atomic E-state index is 14.9. The lowest BCUT2D eigenvalue weighted by molar-refractivity contribution is -0.271. The molecular formula is C77H94N6O30. The first kappa shape index (κ1) is 82.7. The summed E-state index contributed by atoms with van der Waals surface area (Å²) in [6, 6.07) is 22.1. The smallest absolute Gasteiger partial charge is 0.416 e. The molecule has 6 heterocycles. The highest BCUT2D eigenvalue weighted by Gasteiger charge is 2.56. The number of rotatable bonds is 35. The van der Waals surface area contributed by atoms with E-state index in [0.717, 1.165) is 28.9 Å². The molecule has 5 amide bonds. The quantitative estimate of drug-likeness (QED) is 0.0259. The van der Waals surface area contributed by atoms with Crippen molar-refractivity contribution >= 4 is 58.9 Å². The molecule has 36 nitrogen and oxygen atoms in total. The van der Waals surface area contributed by atoms with Gasteiger partial charge in [-0.3, -0.25) is 19.3 Å². The van der Waals surface area contributed by atoms with E-state index in [2.05, 4.69) is 5.32 Å². The van der Waals surface area contributed by atoms with Crippen LogP contribution in [0, 0.1) is 5.41 Å². The van der Waals surface area contributed by atoms with Crippen molar-refractivity contribution in [3.05, 3.63) is 124 Å². The molecule has 4 fully saturated rings. The van der Waals surface area contributed by atoms with Gasteiger partial charge in [0.15, 0.2) is 41.4 Å². The molecule has 1 spiro atoms. The third-order valence-electron chi connectivity index (χ3n) is 20.6. The van der Waals surface area contributed by atoms with Crippen molar-refractivity contribution in [3.8, 4) is 34.5 Å². The Morgan fingerprint density at radius 1 is 0.558 bits per heavy atom. The fourth-order valence-corrected chi connectivity index (χ4v) is 14.4. The molecule has 113 heavy (non-hydrogen) atoms. The van der Waals surface area contributed by atoms with Crippen LogP contribution >= 0.6 is 0 Å². The first-order valence-electron chi connectivity index (χ1n) is 37.2. The fraction of sp³-hybridized carbons (Fsp3) is 0.519. The SMILES string of the molecule is COc1cc2c(cc1OCCCCCOc1cc3c(cc1OC)C(=O)N1Cc4ccccc4C[C@H]1[C@H](O)N3C(=O)OCc1ccc(O[C@@H]3O[C@H](C(=O)O)[C@@H](O)[C@H](O)[C@H]3O)c(NC(=O)CCOCCOCCOCCOCCN)c1)N(C(=O)OCc1ccc(O[C@@H]3O[C@H](C(=O)O)[C@@H](O)[C@H](O)[C@H]3O)cc1)C[C@@H]1CC3(CC3)CN1C2=O. The Balaban J connectivity index is 0.705. The van der Waals surface area contributed by atoms with E-state index in [1.54, 1.807) is 24.3 Å². The Morgan fingerprint density at radius 3 is 1.69 bits per heavy atom. The number of fused-ring (bicyclic) bond motifs is 5. The predicted molar refractivity (Wildman–Crippen MR) is 390 cm³/mol. The summed E-state index contributed by atoms with van der Waals surface area (Å²) < 4.78 is 80.2. The summed E-state index contributed by atoms with van der Waals surface area (Å²) >= 11 is 0. The number of anilines is 3. The van der Waals surface area contributed by atoms with Gasteiger partial charge in [-0.25, -0.2) is 24.1 Å². The van der Waals surface area contributed by atoms with Crippen LogP contribution in [0.1, 0.15) is 87.9 Å². The molecule has 5 aromatic rings. The van der Waals surface area contributed by atoms with Crippen LogP contribution in [0.3, 0.4) is 0 Å². The number of nitrogens with one attached hydrogen (secondary N) is 1. The third kappa shape index (κ3) is 19.4. The van der Waals surface area contributed by atoms with Crippen molar-refractivity contribution in [3.63, 3.8) is 0 Å². The average molecular weight is 1580 g/mol. The van der Waals surface area contributed by atoms with Gasteiger partial charge < -0.3 is 133 Å². The number of carbonyl (C=O) groups is 7. The van der Waals surface area contributed by atoms with Gasteiger partial charge in [-0.2, -0.15) is 0 Å². The molecule has 0 aromatic heterocycles. The van der Waals surface area contributed by atoms with Crippen LogP contribution in [0.2, 0.25) is 0 Å². The number of aliphatic hydroxyl groups excluding tert-OH is 7. The molecule has 36 heteroatoms. The van der Waals surface area contributed by atoms with E-state index in [9.17, 15) is 79.5 Å². The van der Waals surface area contributed by atoms with Crippen molar-refractivity contribution in [2.75, 3.05) is 115 Å². The topological polar surface area (TPSA) is 482 Å². The van der Waals surface area contributed by atoms with Gasteiger partial charge in [-0.15, -0.1) is 0 Å². The lowest BCUT2D eigenvalue weighted by atomic mass is 9.93. The normalized spacial score (nSPS) is 24.6. The maximum Gasteiger partial charge on any atom is 0.416 e. The van der Waals surface area contributed by atoms with Crippen LogP contribution < -0.4 is 49.3 Å². The molecule has 0 unspecified atom stereocenters. The highest BCUT2D eigenvalue weighted by atomic mass is 16.7. The van der Waals surface area contributed by atoms with Gasteiger partial charge in [-0.1, -0.05) is 42.5 Å². The zero-order valence-corrected chi connectivity index (χ0v) is 62.1. The molecule has 612 valence electrons. The summed E-state index contributed by atoms with van der Waals surface area (Å²) in [5.74, 6) is -4.06. The van der Waals surface area contributed by atoms with Gasteiger partial charge in [0.1, 0.15) is 61.3 Å². The largest absolute Gasteiger partial charge is 0.493 e. The highest BCUT2D eigenvalue weighted by Crippen LogP contribution is 2.56. The Labute approximate surface area is 648 Å². The van der Waals surface area contributed by atoms with Gasteiger partial charge in [0, 0.05) is 38.3 Å². The van der Waals surface area contributed by atoms with Crippen molar-refractivity contribution in [2.45, 2.75) is 151 Å². The lowest BCUT2D eigenvalue weighted by Gasteiger charge is -2.39. The van der Waals surface area contributed by atoms with Crippen LogP contribution in [0.15, 0.2) is 91.0 Å². The van der Waals surface area contributed by atoms with Crippen LogP contribution in [0.5, 0.6) is 34.5 Å². The van der Waals surface area contributed by atoms with E-state index in [-0.39, 0.29) is 158 Å². The average Bonchev–Trinajstić information content (AvgIpc) is 1.58. The molecule has 13 atom stereocenters. The van der Waals surface area contributed by atoms with E-state index in [1.807, 2.05) is 29.2 Å². The van der Waals surface area contributed by atoms with Crippen LogP contribution in [-0.4, -0.2) is 277 Å². The van der Waals surface area contributed by atoms with Crippen LogP contribution in [-0.2, 0) is 78.5 Å². The maximum atomic E-state index is 14.9. The van der Waals surface area contributed by atoms with E-state index in [0.29, 0.717) is 70.8 Å². The molecule has 5 aromatic carbocycles. The summed E-state index contributed by atoms with van der Waals surface area (Å²) in [6.45, 7) is 2.62. The number of carboxylic acids is 2. The second kappa shape index (κ2) is 37.5. The number of aliphatic hydroxyl groups is 7. The second-order valence-corrected chi connectivity index (χ2v) is 28.3. The first-order valence-corrected chi connectivity index (χ1v) is 37.2. The summed E-state index contributed by atoms with van der Waals surface area (Å²) in [4.78, 5) is 102. The molecule has 1 aliphatic carbocycles. The molecule has 0 radical (unpaired) electrons. The summed E-state index contributed by atoms with van der Waals surface area (Å²) in [7, 11) is 2.82. The first-order chi connectivity index (χ1) is 54.5. The molecule has 7 aliphatic rings. The number of methoxy groups -OCH3 is 2. The standard InChI is InChI=1S/C77H94N6O30/c1-100-55-32-48-51(81(38-46-36-77(17-18-77)41-82(46)69(48)92)75(98)108-39-42-10-13-47(14-11-42)110-73-64(89)60(85)62(87)66(112-73)71(94)95)34-57(55)106-20-6-3-7-21-107-58-35-52-49(33-56(58)101-2)68(91)80-37-45-9-5-4-8-44(45)31-53(80)70(93)83(52)76(99)109-40-43-12-15-54(111-74-65(90)61(86)63(88)67(113-74)72(96)97)50(30-43)79-59(84)16-22-102-24-26-104-28-29-105-27-25-103-23-19-78/h4-5,8-15,30,32-35,46,53,60-67,70,73-74,85-90,93H,3,6-7,16-29,31,36-41,78H2,1-2H3,(H,79,84)(H,94,95)(H,96,97)/t46-,53-,60-,61-,62-,63-,64+,65+,66-,67-,70-,73+,74+/m0/s1. The Kier molecular flexibility index (Phi) is 27.4. The van der Waals surface area contributed by atoms with Crippen molar-refractivity contribution < 1.29 is 146 Å². The molecule has 1 saturated carbocycles. The van der Waals surface area contributed by atoms with E-state index < -0.39 is 116 Å². The highest BCUT2D eigenvalue weighted by molar-refractivity contribution is 6.07. The minimum absolute atomic E-state index is 0.0224. The third-order valence-corrected chi connectivity index (χ3v) is 20.6. The summed E-state index contributed by atoms with van der Waals surface area (Å²) in [5, 5.41) is 97.1. The number of nitrogens with zero attached hydrogens (tertiary/aromatic N) is 4. The molecule has 0 bridgehead atoms. The number of amides is 5. The number of hydrogen-bond acceptors (Lipinski definition) is 29. The summed E-state index contributed by atoms with van der Waals surface area (Å²) in [5.41, 5.74) is 8.00. The summed E-state index contributed by atoms with van der Waals surface area (Å²) in [6.07, 6.45) is -18.7. The minimum atomic E-state index is -2.03. The van der Waals surface area contributed by atoms with Crippen molar-refractivity contribution in [1.82, 2.24) is 9.80 Å². The molecule has 12 N–H and O–H groups in total. The number of carbonyl (C=O) groups excluding carboxylic acids is 5. The van der Waals surface area contributed by atoms with E-state index in [4.69, 9.17) is 72.0 Å². The van der Waals surface area contributed by atoms with E-state index >= 15 is 0 Å². The zero-order valence-electron chi connectivity index (χ0n) is 62.1. The van der Waals surface area contributed by atoms with Gasteiger partial charge in [-0.05, 0) is 109 Å². The Bertz CT molecular complexity index is 4190. The minimum Gasteiger partial charge on any atom is -0.493 e. The zero-order chi connectivity index (χ0) is 80.2. The Hall–Kier alpha value is -9.77. The van der Waals surface area contributed by atoms with Crippen LogP contribution in [0.25, 0.3) is 0 Å². The molecule has 6 aliphatic heterocycles. The lowest BCUT2D eigenvalue weighted by Crippen LogP contribution is -2.61. The number of aliphatic carboxylic acids is 2. The number of ether oxygens (including phenoxy) is 14. The number of nitrogens with two attached hydrogens (primary N) is 1. The van der Waals surface area contributed by atoms with Gasteiger partial charge in [0.2, 0.25) is 18.5 Å². The van der Waals surface area contributed by atoms with Crippen LogP contribution in [0.4, 0.5) is 26.7 Å². The van der Waals surface area contributed by atoms with E-state index in [1.165, 1.54) is 66.5 Å². The van der Waals surface area contributed by atoms with Gasteiger partial charge in [0.25, 0.3) is 11.8 Å². The van der Waals surface area contributed by atoms with Gasteiger partial charge in [0.05, 0.1) is 127 Å². The monoisotopic (exact) mass is 1580 g/mol. The predicted octanol–water partition coefficient (Wildman–Crippen LogP) is 2.42. The van der Waals surface area contributed by atoms with Gasteiger partial charge >= 0.3 is 24.1 Å². The van der Waals surface area contributed by atoms with Crippen molar-refractivity contribution in [1.29, 1.82) is 0 Å². The van der Waals surface area contributed by atoms with Crippen molar-refractivity contribution in [2.24, 2.45) is 11.1 Å². The fourth-order valence-electron chi connectivity index (χ4n) is 14.4. The number of hydrogen-bond donors (Lipinski definition) is 11. The number of benzene rings is 5. The number of unbranched alkanes of at least 4 members (excludes halogenated alkanes) is 2. The molecular weight excluding hydrogens is 1490 g/mol.